The number of hydrogen-bond acceptors (Lipinski definition) is 8. The van der Waals surface area contributed by atoms with Gasteiger partial charge in [0.15, 0.2) is 0 Å². The monoisotopic (exact) mass is 657 g/mol. The summed E-state index contributed by atoms with van der Waals surface area (Å²) < 4.78 is 40.5. The summed E-state index contributed by atoms with van der Waals surface area (Å²) in [6, 6.07) is 38.1. The highest BCUT2D eigenvalue weighted by Gasteiger charge is 2.37. The molecule has 0 aliphatic rings. The fourth-order valence-electron chi connectivity index (χ4n) is 5.06. The molecule has 0 unspecified atom stereocenters. The van der Waals surface area contributed by atoms with Gasteiger partial charge in [-0.2, -0.15) is 0 Å². The zero-order valence-electron chi connectivity index (χ0n) is 27.7. The van der Waals surface area contributed by atoms with Gasteiger partial charge in [-0.15, -0.1) is 0 Å². The maximum absolute atomic E-state index is 11.1. The molecule has 0 saturated heterocycles. The van der Waals surface area contributed by atoms with E-state index in [1.165, 1.54) is 6.92 Å². The molecule has 0 radical (unpaired) electrons. The Balaban J connectivity index is 0.999. The summed E-state index contributed by atoms with van der Waals surface area (Å²) in [5.41, 5.74) is 3.18. The number of ether oxygens (including phenoxy) is 7. The molecule has 0 heterocycles. The lowest BCUT2D eigenvalue weighted by Gasteiger charge is -2.36. The van der Waals surface area contributed by atoms with Crippen LogP contribution in [0.2, 0.25) is 0 Å². The van der Waals surface area contributed by atoms with Crippen molar-refractivity contribution in [2.75, 3.05) is 84.6 Å². The molecule has 48 heavy (non-hydrogen) atoms. The van der Waals surface area contributed by atoms with Gasteiger partial charge in [-0.05, 0) is 41.0 Å². The average molecular weight is 658 g/mol. The number of rotatable bonds is 24. The lowest BCUT2D eigenvalue weighted by molar-refractivity contribution is -0.114. The van der Waals surface area contributed by atoms with Crippen molar-refractivity contribution in [2.45, 2.75) is 12.5 Å². The summed E-state index contributed by atoms with van der Waals surface area (Å²) >= 11 is 0. The van der Waals surface area contributed by atoms with Crippen molar-refractivity contribution in [1.82, 2.24) is 0 Å². The van der Waals surface area contributed by atoms with Crippen LogP contribution >= 0.6 is 0 Å². The number of benzene rings is 4. The zero-order valence-corrected chi connectivity index (χ0v) is 27.7. The fourth-order valence-corrected chi connectivity index (χ4v) is 5.06. The van der Waals surface area contributed by atoms with E-state index in [2.05, 4.69) is 41.7 Å². The first-order valence-electron chi connectivity index (χ1n) is 16.4. The third kappa shape index (κ3) is 12.5. The Kier molecular flexibility index (Phi) is 16.6. The summed E-state index contributed by atoms with van der Waals surface area (Å²) in [5.74, 6) is 0.612. The molecular weight excluding hydrogens is 610 g/mol. The molecule has 9 heteroatoms. The van der Waals surface area contributed by atoms with Crippen molar-refractivity contribution in [3.8, 4) is 5.75 Å². The summed E-state index contributed by atoms with van der Waals surface area (Å²) in [6.45, 7) is 7.06. The lowest BCUT2D eigenvalue weighted by Crippen LogP contribution is -2.34. The van der Waals surface area contributed by atoms with Crippen LogP contribution in [0.1, 0.15) is 23.6 Å². The van der Waals surface area contributed by atoms with E-state index in [1.54, 1.807) is 24.3 Å². The van der Waals surface area contributed by atoms with E-state index in [1.807, 2.05) is 54.6 Å². The van der Waals surface area contributed by atoms with Gasteiger partial charge in [0.25, 0.3) is 0 Å². The quantitative estimate of drug-likeness (QED) is 0.0713. The van der Waals surface area contributed by atoms with Gasteiger partial charge in [0, 0.05) is 12.6 Å². The van der Waals surface area contributed by atoms with Crippen LogP contribution in [-0.4, -0.2) is 85.2 Å². The largest absolute Gasteiger partial charge is 0.491 e. The number of amides is 1. The number of hydrogen-bond donors (Lipinski definition) is 1. The first kappa shape index (κ1) is 36.7. The minimum Gasteiger partial charge on any atom is -0.491 e. The Bertz CT molecular complexity index is 1310. The predicted octanol–water partition coefficient (Wildman–Crippen LogP) is 6.12. The Morgan fingerprint density at radius 2 is 0.833 bits per heavy atom. The van der Waals surface area contributed by atoms with Crippen molar-refractivity contribution in [3.63, 3.8) is 0 Å². The van der Waals surface area contributed by atoms with Gasteiger partial charge in [-0.25, -0.2) is 0 Å². The molecular formula is C39H47NO8. The molecule has 0 atom stereocenters. The van der Waals surface area contributed by atoms with Crippen LogP contribution in [0.5, 0.6) is 5.75 Å². The Morgan fingerprint density at radius 3 is 1.21 bits per heavy atom. The van der Waals surface area contributed by atoms with Crippen LogP contribution in [0.15, 0.2) is 115 Å². The normalized spacial score (nSPS) is 11.4. The van der Waals surface area contributed by atoms with E-state index < -0.39 is 5.60 Å². The molecule has 0 aliphatic carbocycles. The van der Waals surface area contributed by atoms with Crippen LogP contribution in [0, 0.1) is 0 Å². The molecule has 1 N–H and O–H groups in total. The maximum atomic E-state index is 11.1. The molecule has 9 nitrogen and oxygen atoms in total. The average Bonchev–Trinajstić information content (AvgIpc) is 3.12. The summed E-state index contributed by atoms with van der Waals surface area (Å²) in [7, 11) is 0. The van der Waals surface area contributed by atoms with E-state index in [0.29, 0.717) is 79.3 Å². The van der Waals surface area contributed by atoms with Crippen molar-refractivity contribution < 1.29 is 38.0 Å². The van der Waals surface area contributed by atoms with Gasteiger partial charge in [0.2, 0.25) is 5.91 Å². The Morgan fingerprint density at radius 1 is 0.479 bits per heavy atom. The molecule has 4 rings (SSSR count). The second-order valence-corrected chi connectivity index (χ2v) is 10.7. The Labute approximate surface area is 284 Å². The van der Waals surface area contributed by atoms with Gasteiger partial charge in [0.05, 0.1) is 72.7 Å². The number of anilines is 1. The SMILES string of the molecule is CC(=O)Nc1ccc(OCCOCCOCCOCCOCCOCCOC(c2ccccc2)(c2ccccc2)c2ccccc2)cc1. The van der Waals surface area contributed by atoms with Gasteiger partial charge in [-0.1, -0.05) is 91.0 Å². The first-order chi connectivity index (χ1) is 23.7. The summed E-state index contributed by atoms with van der Waals surface area (Å²) in [5, 5.41) is 2.72. The minimum atomic E-state index is -0.752. The molecule has 4 aromatic rings. The third-order valence-corrected chi connectivity index (χ3v) is 7.25. The third-order valence-electron chi connectivity index (χ3n) is 7.25. The highest BCUT2D eigenvalue weighted by molar-refractivity contribution is 5.88. The minimum absolute atomic E-state index is 0.106. The smallest absolute Gasteiger partial charge is 0.221 e. The van der Waals surface area contributed by atoms with E-state index in [0.717, 1.165) is 28.1 Å². The fraction of sp³-hybridized carbons (Fsp3) is 0.359. The van der Waals surface area contributed by atoms with Crippen LogP contribution in [0.4, 0.5) is 5.69 Å². The molecule has 1 amide bonds. The maximum Gasteiger partial charge on any atom is 0.221 e. The first-order valence-corrected chi connectivity index (χ1v) is 16.4. The van der Waals surface area contributed by atoms with Crippen molar-refractivity contribution >= 4 is 11.6 Å². The van der Waals surface area contributed by atoms with Crippen LogP contribution in [-0.2, 0) is 38.8 Å². The van der Waals surface area contributed by atoms with Crippen LogP contribution in [0.25, 0.3) is 0 Å². The van der Waals surface area contributed by atoms with E-state index in [-0.39, 0.29) is 5.91 Å². The second-order valence-electron chi connectivity index (χ2n) is 10.7. The topological polar surface area (TPSA) is 93.7 Å². The standard InChI is InChI=1S/C39H47NO8/c1-33(41)40-37-17-19-38(20-18-37)47-31-29-45-27-25-43-23-21-42-22-24-44-26-28-46-30-32-48-39(34-11-5-2-6-12-34,35-13-7-3-8-14-35)36-15-9-4-10-16-36/h2-20H,21-32H2,1H3,(H,40,41). The summed E-state index contributed by atoms with van der Waals surface area (Å²) in [4.78, 5) is 11.1. The Hall–Kier alpha value is -4.09. The highest BCUT2D eigenvalue weighted by Crippen LogP contribution is 2.40. The van der Waals surface area contributed by atoms with Gasteiger partial charge < -0.3 is 38.5 Å². The van der Waals surface area contributed by atoms with E-state index in [4.69, 9.17) is 33.2 Å². The molecule has 0 saturated carbocycles. The number of carbonyl (C=O) groups excluding carboxylic acids is 1. The zero-order chi connectivity index (χ0) is 33.5. The predicted molar refractivity (Wildman–Crippen MR) is 185 cm³/mol. The molecule has 0 fully saturated rings. The number of nitrogens with one attached hydrogen (secondary N) is 1. The molecule has 0 spiro atoms. The van der Waals surface area contributed by atoms with Gasteiger partial charge >= 0.3 is 0 Å². The molecule has 4 aromatic carbocycles. The van der Waals surface area contributed by atoms with Crippen molar-refractivity contribution in [3.05, 3.63) is 132 Å². The second kappa shape index (κ2) is 21.7. The van der Waals surface area contributed by atoms with Crippen LogP contribution in [0.3, 0.4) is 0 Å². The molecule has 0 aliphatic heterocycles. The van der Waals surface area contributed by atoms with Crippen molar-refractivity contribution in [2.24, 2.45) is 0 Å². The molecule has 0 bridgehead atoms. The molecule has 0 aromatic heterocycles. The van der Waals surface area contributed by atoms with Gasteiger partial charge in [-0.3, -0.25) is 4.79 Å². The van der Waals surface area contributed by atoms with Gasteiger partial charge in [0.1, 0.15) is 18.0 Å². The van der Waals surface area contributed by atoms with Crippen LogP contribution < -0.4 is 10.1 Å². The lowest BCUT2D eigenvalue weighted by atomic mass is 9.80. The highest BCUT2D eigenvalue weighted by atomic mass is 16.6. The molecule has 256 valence electrons. The van der Waals surface area contributed by atoms with E-state index >= 15 is 0 Å². The number of carbonyl (C=O) groups is 1. The van der Waals surface area contributed by atoms with E-state index in [9.17, 15) is 4.79 Å². The summed E-state index contributed by atoms with van der Waals surface area (Å²) in [6.07, 6.45) is 0. The van der Waals surface area contributed by atoms with Crippen molar-refractivity contribution in [1.29, 1.82) is 0 Å².